The maximum Gasteiger partial charge on any atom is 0.0641 e. The van der Waals surface area contributed by atoms with Gasteiger partial charge in [-0.3, -0.25) is 0 Å². The molecular weight excluding hydrogens is 697 g/mol. The number of benzene rings is 7. The van der Waals surface area contributed by atoms with Crippen LogP contribution in [0.1, 0.15) is 54.7 Å². The second kappa shape index (κ2) is 13.0. The molecule has 0 radical (unpaired) electrons. The first-order valence-electron chi connectivity index (χ1n) is 20.1. The molecule has 3 aromatic heterocycles. The third-order valence-electron chi connectivity index (χ3n) is 12.4. The number of hydrogen-bond acceptors (Lipinski definition) is 2. The van der Waals surface area contributed by atoms with Gasteiger partial charge in [0.05, 0.1) is 22.2 Å². The summed E-state index contributed by atoms with van der Waals surface area (Å²) >= 11 is 1.92. The van der Waals surface area contributed by atoms with Gasteiger partial charge in [0.2, 0.25) is 0 Å². The zero-order valence-corrected chi connectivity index (χ0v) is 32.8. The van der Waals surface area contributed by atoms with Crippen LogP contribution < -0.4 is 4.90 Å². The first kappa shape index (κ1) is 33.2. The molecule has 0 saturated heterocycles. The van der Waals surface area contributed by atoms with Crippen LogP contribution in [0.25, 0.3) is 76.5 Å². The predicted octanol–water partition coefficient (Wildman–Crippen LogP) is 15.5. The van der Waals surface area contributed by atoms with Gasteiger partial charge in [-0.15, -0.1) is 11.3 Å². The molecule has 2 nitrogen and oxygen atoms in total. The van der Waals surface area contributed by atoms with Crippen molar-refractivity contribution in [1.29, 1.82) is 0 Å². The summed E-state index contributed by atoms with van der Waals surface area (Å²) in [5.41, 5.74) is 16.8. The zero-order chi connectivity index (χ0) is 37.5. The van der Waals surface area contributed by atoms with E-state index >= 15 is 0 Å². The monoisotopic (exact) mass is 738 g/mol. The van der Waals surface area contributed by atoms with E-state index in [1.54, 1.807) is 0 Å². The van der Waals surface area contributed by atoms with Gasteiger partial charge in [-0.05, 0) is 124 Å². The van der Waals surface area contributed by atoms with E-state index in [0.717, 1.165) is 24.9 Å². The minimum absolute atomic E-state index is 0.498. The molecule has 11 rings (SSSR count). The molecule has 0 spiro atoms. The van der Waals surface area contributed by atoms with Crippen LogP contribution in [-0.4, -0.2) is 4.40 Å². The van der Waals surface area contributed by atoms with Gasteiger partial charge < -0.3 is 9.30 Å². The lowest BCUT2D eigenvalue weighted by molar-refractivity contribution is 0.783. The fourth-order valence-electron chi connectivity index (χ4n) is 9.67. The number of anilines is 3. The fraction of sp³-hybridized carbons (Fsp3) is 0.132. The smallest absolute Gasteiger partial charge is 0.0641 e. The van der Waals surface area contributed by atoms with Gasteiger partial charge in [0, 0.05) is 42.5 Å². The molecule has 0 aliphatic heterocycles. The van der Waals surface area contributed by atoms with Gasteiger partial charge >= 0.3 is 0 Å². The minimum Gasteiger partial charge on any atom is -0.310 e. The summed E-state index contributed by atoms with van der Waals surface area (Å²) in [5.74, 6) is 0.498. The Morgan fingerprint density at radius 1 is 0.607 bits per heavy atom. The Hall–Kier alpha value is -6.16. The van der Waals surface area contributed by atoms with E-state index in [2.05, 4.69) is 188 Å². The van der Waals surface area contributed by atoms with Crippen molar-refractivity contribution >= 4 is 82.7 Å². The Kier molecular flexibility index (Phi) is 7.69. The van der Waals surface area contributed by atoms with Crippen LogP contribution in [0.5, 0.6) is 0 Å². The van der Waals surface area contributed by atoms with E-state index in [9.17, 15) is 0 Å². The Morgan fingerprint density at radius 3 is 2.12 bits per heavy atom. The maximum absolute atomic E-state index is 2.51. The third kappa shape index (κ3) is 4.93. The number of allylic oxidation sites excluding steroid dienone is 1. The van der Waals surface area contributed by atoms with E-state index in [-0.39, 0.29) is 0 Å². The third-order valence-corrected chi connectivity index (χ3v) is 13.5. The highest BCUT2D eigenvalue weighted by molar-refractivity contribution is 7.20. The average Bonchev–Trinajstić information content (AvgIpc) is 3.92. The fourth-order valence-corrected chi connectivity index (χ4v) is 10.9. The molecular formula is C53H42N2S. The van der Waals surface area contributed by atoms with Crippen molar-refractivity contribution in [2.24, 2.45) is 0 Å². The Balaban J connectivity index is 1.11. The summed E-state index contributed by atoms with van der Waals surface area (Å²) in [6.07, 6.45) is 7.77. The molecule has 0 N–H and O–H groups in total. The van der Waals surface area contributed by atoms with E-state index in [0.29, 0.717) is 5.92 Å². The van der Waals surface area contributed by atoms with Crippen LogP contribution in [0.3, 0.4) is 0 Å². The first-order chi connectivity index (χ1) is 27.6. The molecule has 0 fully saturated rings. The van der Waals surface area contributed by atoms with Crippen LogP contribution in [0, 0.1) is 0 Å². The maximum atomic E-state index is 2.51. The number of nitrogens with zero attached hydrogens (tertiary/aromatic N) is 2. The number of aryl methyl sites for hydroxylation is 2. The highest BCUT2D eigenvalue weighted by atomic mass is 32.1. The van der Waals surface area contributed by atoms with E-state index in [4.69, 9.17) is 0 Å². The summed E-state index contributed by atoms with van der Waals surface area (Å²) in [7, 11) is 0. The highest BCUT2D eigenvalue weighted by Gasteiger charge is 2.25. The van der Waals surface area contributed by atoms with Crippen molar-refractivity contribution in [3.05, 3.63) is 173 Å². The lowest BCUT2D eigenvalue weighted by atomic mass is 9.90. The number of rotatable bonds is 7. The molecule has 3 heterocycles. The van der Waals surface area contributed by atoms with Crippen molar-refractivity contribution in [2.75, 3.05) is 4.90 Å². The molecule has 1 aliphatic carbocycles. The number of thiophene rings is 1. The van der Waals surface area contributed by atoms with Gasteiger partial charge in [-0.2, -0.15) is 0 Å². The van der Waals surface area contributed by atoms with Crippen molar-refractivity contribution in [2.45, 2.75) is 46.0 Å². The number of para-hydroxylation sites is 2. The molecule has 0 bridgehead atoms. The van der Waals surface area contributed by atoms with Crippen LogP contribution in [0.4, 0.5) is 17.1 Å². The molecule has 3 heteroatoms. The van der Waals surface area contributed by atoms with Crippen molar-refractivity contribution < 1.29 is 0 Å². The number of hydrogen-bond donors (Lipinski definition) is 0. The lowest BCUT2D eigenvalue weighted by Gasteiger charge is -2.27. The van der Waals surface area contributed by atoms with Gasteiger partial charge in [-0.1, -0.05) is 124 Å². The first-order valence-corrected chi connectivity index (χ1v) is 20.9. The molecule has 1 unspecified atom stereocenters. The van der Waals surface area contributed by atoms with Gasteiger partial charge in [-0.25, -0.2) is 0 Å². The Labute approximate surface area is 331 Å². The molecule has 1 aliphatic rings. The van der Waals surface area contributed by atoms with Gasteiger partial charge in [0.1, 0.15) is 0 Å². The molecule has 0 amide bonds. The largest absolute Gasteiger partial charge is 0.310 e. The highest BCUT2D eigenvalue weighted by Crippen LogP contribution is 2.49. The Morgan fingerprint density at radius 2 is 1.30 bits per heavy atom. The molecule has 56 heavy (non-hydrogen) atoms. The summed E-state index contributed by atoms with van der Waals surface area (Å²) < 4.78 is 3.84. The zero-order valence-electron chi connectivity index (χ0n) is 32.0. The molecule has 10 aromatic rings. The van der Waals surface area contributed by atoms with Crippen LogP contribution in [-0.2, 0) is 12.8 Å². The van der Waals surface area contributed by atoms with Crippen molar-refractivity contribution in [1.82, 2.24) is 4.40 Å². The Bertz CT molecular complexity index is 3160. The molecule has 1 atom stereocenters. The second-order valence-corrected chi connectivity index (χ2v) is 16.5. The summed E-state index contributed by atoms with van der Waals surface area (Å²) in [6.45, 7) is 6.90. The standard InChI is InChI=1S/C53H42N2S/c1-4-34-14-6-7-15-40(34)41-27-23-37(31-35(41)5-2)36-21-24-38(25-22-36)54(39-26-30-49-45(32-39)51-33(3)13-12-20-50(51)56-49)48-29-28-43-42-16-8-10-18-46(42)55-47-19-11-9-17-44(47)52(48)53(43)55/h6-12,14-33H,4-5,13H2,1-3H3. The summed E-state index contributed by atoms with van der Waals surface area (Å²) in [5, 5.41) is 6.54. The number of aromatic nitrogens is 1. The van der Waals surface area contributed by atoms with E-state index < -0.39 is 0 Å². The summed E-state index contributed by atoms with van der Waals surface area (Å²) in [4.78, 5) is 3.92. The van der Waals surface area contributed by atoms with Gasteiger partial charge in [0.25, 0.3) is 0 Å². The quantitative estimate of drug-likeness (QED) is 0.158. The van der Waals surface area contributed by atoms with Crippen LogP contribution >= 0.6 is 11.3 Å². The van der Waals surface area contributed by atoms with E-state index in [1.807, 2.05) is 11.3 Å². The van der Waals surface area contributed by atoms with Crippen molar-refractivity contribution in [3.8, 4) is 22.3 Å². The molecule has 0 saturated carbocycles. The molecule has 270 valence electrons. The predicted molar refractivity (Wildman–Crippen MR) is 243 cm³/mol. The number of fused-ring (bicyclic) bond motifs is 9. The second-order valence-electron chi connectivity index (χ2n) is 15.4. The normalized spacial score (nSPS) is 14.2. The van der Waals surface area contributed by atoms with E-state index in [1.165, 1.54) is 103 Å². The average molecular weight is 739 g/mol. The van der Waals surface area contributed by atoms with Crippen LogP contribution in [0.15, 0.2) is 152 Å². The topological polar surface area (TPSA) is 7.65 Å². The van der Waals surface area contributed by atoms with Crippen molar-refractivity contribution in [3.63, 3.8) is 0 Å². The molecule has 7 aromatic carbocycles. The van der Waals surface area contributed by atoms with Gasteiger partial charge in [0.15, 0.2) is 0 Å². The SMILES string of the molecule is CCc1ccccc1-c1ccc(-c2ccc(N(c3ccc4sc5c(c4c3)C(C)CC=C5)c3ccc4c5ccccc5n5c6ccccc6c3c45)cc2)cc1CC. The lowest BCUT2D eigenvalue weighted by Crippen LogP contribution is -2.10. The minimum atomic E-state index is 0.498. The van der Waals surface area contributed by atoms with Crippen LogP contribution in [0.2, 0.25) is 0 Å². The summed E-state index contributed by atoms with van der Waals surface area (Å²) in [6, 6.07) is 54.8.